The van der Waals surface area contributed by atoms with E-state index in [9.17, 15) is 5.11 Å². The topological polar surface area (TPSA) is 41.5 Å². The fourth-order valence-corrected chi connectivity index (χ4v) is 1.51. The summed E-state index contributed by atoms with van der Waals surface area (Å²) in [5.41, 5.74) is 1.05. The van der Waals surface area contributed by atoms with Crippen LogP contribution >= 0.6 is 0 Å². The van der Waals surface area contributed by atoms with E-state index in [2.05, 4.69) is 5.32 Å². The number of ether oxygens (including phenoxy) is 1. The van der Waals surface area contributed by atoms with Gasteiger partial charge in [0.15, 0.2) is 0 Å². The minimum Gasteiger partial charge on any atom is -0.496 e. The Bertz CT molecular complexity index is 289. The fourth-order valence-electron chi connectivity index (χ4n) is 1.51. The van der Waals surface area contributed by atoms with E-state index in [0.717, 1.165) is 17.9 Å². The summed E-state index contributed by atoms with van der Waals surface area (Å²) in [5.74, 6) is 0.841. The number of nitrogens with one attached hydrogen (secondary N) is 1. The summed E-state index contributed by atoms with van der Waals surface area (Å²) in [6.45, 7) is 3.52. The molecule has 84 valence electrons. The van der Waals surface area contributed by atoms with Gasteiger partial charge in [0.05, 0.1) is 13.2 Å². The van der Waals surface area contributed by atoms with Crippen molar-refractivity contribution in [2.45, 2.75) is 19.4 Å². The van der Waals surface area contributed by atoms with Crippen LogP contribution < -0.4 is 10.1 Å². The average molecular weight is 209 g/mol. The van der Waals surface area contributed by atoms with Crippen molar-refractivity contribution in [3.8, 4) is 5.75 Å². The third-order valence-electron chi connectivity index (χ3n) is 2.28. The van der Waals surface area contributed by atoms with E-state index in [-0.39, 0.29) is 6.10 Å². The van der Waals surface area contributed by atoms with Crippen molar-refractivity contribution >= 4 is 0 Å². The van der Waals surface area contributed by atoms with E-state index in [1.807, 2.05) is 31.2 Å². The number of aliphatic hydroxyl groups is 1. The lowest BCUT2D eigenvalue weighted by Crippen LogP contribution is -2.28. The third-order valence-corrected chi connectivity index (χ3v) is 2.28. The van der Waals surface area contributed by atoms with Crippen LogP contribution in [0, 0.1) is 0 Å². The summed E-state index contributed by atoms with van der Waals surface area (Å²) in [5, 5.41) is 12.9. The summed E-state index contributed by atoms with van der Waals surface area (Å²) in [6, 6.07) is 7.78. The number of benzene rings is 1. The molecule has 15 heavy (non-hydrogen) atoms. The molecule has 1 atom stereocenters. The number of hydrogen-bond acceptors (Lipinski definition) is 3. The maximum Gasteiger partial charge on any atom is 0.122 e. The molecule has 1 aromatic carbocycles. The zero-order valence-electron chi connectivity index (χ0n) is 9.36. The molecule has 0 amide bonds. The van der Waals surface area contributed by atoms with E-state index < -0.39 is 0 Å². The lowest BCUT2D eigenvalue weighted by atomic mass is 10.1. The average Bonchev–Trinajstić information content (AvgIpc) is 2.27. The van der Waals surface area contributed by atoms with E-state index in [0.29, 0.717) is 13.0 Å². The first-order valence-corrected chi connectivity index (χ1v) is 5.28. The van der Waals surface area contributed by atoms with Crippen molar-refractivity contribution in [3.63, 3.8) is 0 Å². The second-order valence-corrected chi connectivity index (χ2v) is 3.48. The maximum atomic E-state index is 9.74. The van der Waals surface area contributed by atoms with Crippen LogP contribution in [0.2, 0.25) is 0 Å². The summed E-state index contributed by atoms with van der Waals surface area (Å²) in [6.07, 6.45) is 0.262. The van der Waals surface area contributed by atoms with Gasteiger partial charge in [0.25, 0.3) is 0 Å². The highest BCUT2D eigenvalue weighted by molar-refractivity contribution is 5.33. The summed E-state index contributed by atoms with van der Waals surface area (Å²) in [4.78, 5) is 0. The van der Waals surface area contributed by atoms with Crippen LogP contribution in [0.4, 0.5) is 0 Å². The molecule has 1 aromatic rings. The Labute approximate surface area is 91.1 Å². The SMILES string of the molecule is CCNC[C@@H](O)Cc1ccccc1OC. The molecule has 0 aliphatic heterocycles. The van der Waals surface area contributed by atoms with Crippen LogP contribution in [-0.2, 0) is 6.42 Å². The largest absolute Gasteiger partial charge is 0.496 e. The van der Waals surface area contributed by atoms with Gasteiger partial charge in [0.1, 0.15) is 5.75 Å². The molecule has 2 N–H and O–H groups in total. The van der Waals surface area contributed by atoms with E-state index in [4.69, 9.17) is 4.74 Å². The molecule has 3 heteroatoms. The standard InChI is InChI=1S/C12H19NO2/c1-3-13-9-11(14)8-10-6-4-5-7-12(10)15-2/h4-7,11,13-14H,3,8-9H2,1-2H3/t11-/m0/s1. The van der Waals surface area contributed by atoms with Gasteiger partial charge in [-0.3, -0.25) is 0 Å². The van der Waals surface area contributed by atoms with Gasteiger partial charge in [-0.15, -0.1) is 0 Å². The van der Waals surface area contributed by atoms with Crippen molar-refractivity contribution in [1.82, 2.24) is 5.32 Å². The predicted octanol–water partition coefficient (Wildman–Crippen LogP) is 1.21. The first-order valence-electron chi connectivity index (χ1n) is 5.28. The number of methoxy groups -OCH3 is 1. The highest BCUT2D eigenvalue weighted by atomic mass is 16.5. The monoisotopic (exact) mass is 209 g/mol. The van der Waals surface area contributed by atoms with Crippen molar-refractivity contribution in [1.29, 1.82) is 0 Å². The first kappa shape index (κ1) is 12.0. The van der Waals surface area contributed by atoms with Crippen molar-refractivity contribution in [3.05, 3.63) is 29.8 Å². The van der Waals surface area contributed by atoms with Gasteiger partial charge < -0.3 is 15.2 Å². The normalized spacial score (nSPS) is 12.5. The quantitative estimate of drug-likeness (QED) is 0.740. The molecule has 0 aliphatic carbocycles. The molecule has 0 bridgehead atoms. The van der Waals surface area contributed by atoms with Crippen LogP contribution in [0.5, 0.6) is 5.75 Å². The van der Waals surface area contributed by atoms with Gasteiger partial charge in [-0.1, -0.05) is 25.1 Å². The summed E-state index contributed by atoms with van der Waals surface area (Å²) in [7, 11) is 1.65. The predicted molar refractivity (Wildman–Crippen MR) is 61.2 cm³/mol. The Balaban J connectivity index is 2.55. The van der Waals surface area contributed by atoms with Crippen molar-refractivity contribution in [2.75, 3.05) is 20.2 Å². The zero-order chi connectivity index (χ0) is 11.1. The van der Waals surface area contributed by atoms with Gasteiger partial charge in [-0.05, 0) is 18.2 Å². The van der Waals surface area contributed by atoms with Crippen LogP contribution in [0.25, 0.3) is 0 Å². The van der Waals surface area contributed by atoms with Crippen LogP contribution in [-0.4, -0.2) is 31.4 Å². The molecule has 1 rings (SSSR count). The van der Waals surface area contributed by atoms with Crippen LogP contribution in [0.1, 0.15) is 12.5 Å². The number of aliphatic hydroxyl groups excluding tert-OH is 1. The summed E-state index contributed by atoms with van der Waals surface area (Å²) < 4.78 is 5.22. The lowest BCUT2D eigenvalue weighted by molar-refractivity contribution is 0.171. The zero-order valence-corrected chi connectivity index (χ0v) is 9.36. The fraction of sp³-hybridized carbons (Fsp3) is 0.500. The second-order valence-electron chi connectivity index (χ2n) is 3.48. The minimum absolute atomic E-state index is 0.360. The minimum atomic E-state index is -0.360. The van der Waals surface area contributed by atoms with Gasteiger partial charge in [-0.2, -0.15) is 0 Å². The number of para-hydroxylation sites is 1. The van der Waals surface area contributed by atoms with Crippen molar-refractivity contribution in [2.24, 2.45) is 0 Å². The number of rotatable bonds is 6. The Kier molecular flexibility index (Phi) is 5.15. The first-order chi connectivity index (χ1) is 7.27. The molecule has 0 saturated carbocycles. The molecule has 0 radical (unpaired) electrons. The molecule has 0 spiro atoms. The molecule has 0 aliphatic rings. The van der Waals surface area contributed by atoms with Crippen molar-refractivity contribution < 1.29 is 9.84 Å². The highest BCUT2D eigenvalue weighted by Gasteiger charge is 2.08. The van der Waals surface area contributed by atoms with E-state index >= 15 is 0 Å². The Morgan fingerprint density at radius 3 is 2.80 bits per heavy atom. The molecule has 3 nitrogen and oxygen atoms in total. The Morgan fingerprint density at radius 1 is 1.40 bits per heavy atom. The van der Waals surface area contributed by atoms with Crippen LogP contribution in [0.3, 0.4) is 0 Å². The van der Waals surface area contributed by atoms with E-state index in [1.54, 1.807) is 7.11 Å². The molecule has 0 aromatic heterocycles. The molecule has 0 heterocycles. The van der Waals surface area contributed by atoms with Gasteiger partial charge in [0.2, 0.25) is 0 Å². The third kappa shape index (κ3) is 3.90. The van der Waals surface area contributed by atoms with Gasteiger partial charge in [0, 0.05) is 13.0 Å². The van der Waals surface area contributed by atoms with Gasteiger partial charge in [-0.25, -0.2) is 0 Å². The molecular weight excluding hydrogens is 190 g/mol. The number of hydrogen-bond donors (Lipinski definition) is 2. The molecular formula is C12H19NO2. The van der Waals surface area contributed by atoms with Crippen LogP contribution in [0.15, 0.2) is 24.3 Å². The Morgan fingerprint density at radius 2 is 2.13 bits per heavy atom. The maximum absolute atomic E-state index is 9.74. The molecule has 0 fully saturated rings. The lowest BCUT2D eigenvalue weighted by Gasteiger charge is -2.13. The molecule has 0 unspecified atom stereocenters. The smallest absolute Gasteiger partial charge is 0.122 e. The second kappa shape index (κ2) is 6.43. The molecule has 0 saturated heterocycles. The Hall–Kier alpha value is -1.06. The highest BCUT2D eigenvalue weighted by Crippen LogP contribution is 2.18. The number of likely N-dealkylation sites (N-methyl/N-ethyl adjacent to an activating group) is 1. The van der Waals surface area contributed by atoms with E-state index in [1.165, 1.54) is 0 Å². The van der Waals surface area contributed by atoms with Gasteiger partial charge >= 0.3 is 0 Å². The summed E-state index contributed by atoms with van der Waals surface area (Å²) >= 11 is 0.